The smallest absolute Gasteiger partial charge is 0.267 e. The number of carbonyl (C=O) groups excluding carboxylic acids is 1. The lowest BCUT2D eigenvalue weighted by molar-refractivity contribution is 0.103. The Morgan fingerprint density at radius 1 is 1.16 bits per heavy atom. The van der Waals surface area contributed by atoms with Crippen molar-refractivity contribution in [2.45, 2.75) is 20.3 Å². The highest BCUT2D eigenvalue weighted by Crippen LogP contribution is 2.22. The predicted octanol–water partition coefficient (Wildman–Crippen LogP) is 2.51. The fourth-order valence-electron chi connectivity index (χ4n) is 3.76. The minimum absolute atomic E-state index is 0.150. The van der Waals surface area contributed by atoms with Crippen molar-refractivity contribution in [3.05, 3.63) is 63.5 Å². The number of anilines is 2. The molecule has 1 aromatic carbocycles. The lowest BCUT2D eigenvalue weighted by atomic mass is 10.2. The third-order valence-corrected chi connectivity index (χ3v) is 6.49. The van der Waals surface area contributed by atoms with Gasteiger partial charge in [0.2, 0.25) is 0 Å². The van der Waals surface area contributed by atoms with Crippen molar-refractivity contribution in [3.63, 3.8) is 0 Å². The van der Waals surface area contributed by atoms with Gasteiger partial charge >= 0.3 is 0 Å². The van der Waals surface area contributed by atoms with E-state index < -0.39 is 0 Å². The monoisotopic (exact) mass is 452 g/mol. The SMILES string of the molecule is Cc1nc(Cc2ncc(C(=O)Nc3ccccc3C)s2)cc(N2CCN(CCO)CC2)n1. The first-order chi connectivity index (χ1) is 15.5. The summed E-state index contributed by atoms with van der Waals surface area (Å²) in [6.45, 7) is 8.33. The van der Waals surface area contributed by atoms with Crippen LogP contribution in [-0.2, 0) is 6.42 Å². The molecule has 3 heterocycles. The topological polar surface area (TPSA) is 94.5 Å². The summed E-state index contributed by atoms with van der Waals surface area (Å²) in [5.74, 6) is 1.50. The van der Waals surface area contributed by atoms with Crippen LogP contribution in [0.5, 0.6) is 0 Å². The summed E-state index contributed by atoms with van der Waals surface area (Å²) in [5, 5.41) is 12.9. The Kier molecular flexibility index (Phi) is 7.09. The maximum atomic E-state index is 12.6. The average Bonchev–Trinajstić information content (AvgIpc) is 3.24. The molecule has 0 unspecified atom stereocenters. The standard InChI is InChI=1S/C23H28N6O2S/c1-16-5-3-4-6-19(16)27-23(31)20-15-24-22(32-20)14-18-13-21(26-17(2)25-18)29-9-7-28(8-10-29)11-12-30/h3-6,13,15,30H,7-12,14H2,1-2H3,(H,27,31). The molecule has 0 atom stereocenters. The second-order valence-electron chi connectivity index (χ2n) is 7.88. The van der Waals surface area contributed by atoms with Gasteiger partial charge in [0.05, 0.1) is 23.5 Å². The Morgan fingerprint density at radius 3 is 2.69 bits per heavy atom. The van der Waals surface area contributed by atoms with Crippen LogP contribution >= 0.6 is 11.3 Å². The van der Waals surface area contributed by atoms with E-state index in [9.17, 15) is 4.79 Å². The van der Waals surface area contributed by atoms with Gasteiger partial charge in [-0.05, 0) is 25.5 Å². The number of nitrogens with one attached hydrogen (secondary N) is 1. The fourth-order valence-corrected chi connectivity index (χ4v) is 4.58. The number of aliphatic hydroxyl groups excluding tert-OH is 1. The number of aryl methyl sites for hydroxylation is 2. The number of para-hydroxylation sites is 1. The van der Waals surface area contributed by atoms with Gasteiger partial charge < -0.3 is 15.3 Å². The van der Waals surface area contributed by atoms with E-state index in [1.807, 2.05) is 44.2 Å². The Balaban J connectivity index is 1.42. The predicted molar refractivity (Wildman–Crippen MR) is 127 cm³/mol. The number of rotatable bonds is 7. The molecule has 0 bridgehead atoms. The molecule has 168 valence electrons. The maximum absolute atomic E-state index is 12.6. The van der Waals surface area contributed by atoms with E-state index >= 15 is 0 Å². The minimum atomic E-state index is -0.150. The van der Waals surface area contributed by atoms with Crippen LogP contribution in [0.2, 0.25) is 0 Å². The Morgan fingerprint density at radius 2 is 1.94 bits per heavy atom. The number of nitrogens with zero attached hydrogens (tertiary/aromatic N) is 5. The molecule has 4 rings (SSSR count). The van der Waals surface area contributed by atoms with Gasteiger partial charge in [-0.3, -0.25) is 9.69 Å². The zero-order valence-corrected chi connectivity index (χ0v) is 19.2. The van der Waals surface area contributed by atoms with Gasteiger partial charge in [0.15, 0.2) is 0 Å². The molecule has 1 aliphatic rings. The van der Waals surface area contributed by atoms with Crippen molar-refractivity contribution in [1.29, 1.82) is 0 Å². The van der Waals surface area contributed by atoms with Crippen LogP contribution in [0.25, 0.3) is 0 Å². The summed E-state index contributed by atoms with van der Waals surface area (Å²) >= 11 is 1.39. The number of amides is 1. The molecule has 0 radical (unpaired) electrons. The van der Waals surface area contributed by atoms with Crippen LogP contribution in [0.15, 0.2) is 36.5 Å². The summed E-state index contributed by atoms with van der Waals surface area (Å²) in [5.41, 5.74) is 2.72. The van der Waals surface area contributed by atoms with Gasteiger partial charge in [-0.15, -0.1) is 11.3 Å². The summed E-state index contributed by atoms with van der Waals surface area (Å²) in [6.07, 6.45) is 2.19. The molecular formula is C23H28N6O2S. The van der Waals surface area contributed by atoms with Crippen LogP contribution in [-0.4, -0.2) is 70.2 Å². The van der Waals surface area contributed by atoms with Crippen molar-refractivity contribution in [2.75, 3.05) is 49.5 Å². The molecule has 1 aliphatic heterocycles. The number of hydrogen-bond acceptors (Lipinski definition) is 8. The van der Waals surface area contributed by atoms with Crippen molar-refractivity contribution >= 4 is 28.7 Å². The average molecular weight is 453 g/mol. The quantitative estimate of drug-likeness (QED) is 0.569. The summed E-state index contributed by atoms with van der Waals surface area (Å²) in [6, 6.07) is 9.73. The molecule has 2 aromatic heterocycles. The first-order valence-corrected chi connectivity index (χ1v) is 11.6. The largest absolute Gasteiger partial charge is 0.395 e. The van der Waals surface area contributed by atoms with E-state index in [0.717, 1.165) is 59.8 Å². The van der Waals surface area contributed by atoms with Gasteiger partial charge in [0.1, 0.15) is 16.5 Å². The van der Waals surface area contributed by atoms with Crippen molar-refractivity contribution in [1.82, 2.24) is 19.9 Å². The molecule has 0 spiro atoms. The van der Waals surface area contributed by atoms with Crippen molar-refractivity contribution in [2.24, 2.45) is 0 Å². The molecule has 0 aliphatic carbocycles. The van der Waals surface area contributed by atoms with Gasteiger partial charge in [-0.2, -0.15) is 0 Å². The number of hydrogen-bond donors (Lipinski definition) is 2. The highest BCUT2D eigenvalue weighted by molar-refractivity contribution is 7.13. The molecule has 3 aromatic rings. The van der Waals surface area contributed by atoms with Gasteiger partial charge in [0, 0.05) is 50.9 Å². The Bertz CT molecular complexity index is 1080. The van der Waals surface area contributed by atoms with Crippen LogP contribution in [0.3, 0.4) is 0 Å². The van der Waals surface area contributed by atoms with Crippen LogP contribution < -0.4 is 10.2 Å². The number of thiazole rings is 1. The van der Waals surface area contributed by atoms with Gasteiger partial charge in [-0.25, -0.2) is 15.0 Å². The zero-order chi connectivity index (χ0) is 22.5. The summed E-state index contributed by atoms with van der Waals surface area (Å²) < 4.78 is 0. The van der Waals surface area contributed by atoms with E-state index in [1.165, 1.54) is 11.3 Å². The maximum Gasteiger partial charge on any atom is 0.267 e. The number of aliphatic hydroxyl groups is 1. The van der Waals surface area contributed by atoms with Crippen molar-refractivity contribution < 1.29 is 9.90 Å². The second kappa shape index (κ2) is 10.2. The Hall–Kier alpha value is -2.88. The van der Waals surface area contributed by atoms with Crippen LogP contribution in [0.4, 0.5) is 11.5 Å². The van der Waals surface area contributed by atoms with Crippen LogP contribution in [0.1, 0.15) is 31.8 Å². The number of carbonyl (C=O) groups is 1. The minimum Gasteiger partial charge on any atom is -0.395 e. The van der Waals surface area contributed by atoms with E-state index in [-0.39, 0.29) is 12.5 Å². The van der Waals surface area contributed by atoms with E-state index in [0.29, 0.717) is 17.8 Å². The summed E-state index contributed by atoms with van der Waals surface area (Å²) in [7, 11) is 0. The zero-order valence-electron chi connectivity index (χ0n) is 18.4. The molecule has 1 amide bonds. The molecular weight excluding hydrogens is 424 g/mol. The van der Waals surface area contributed by atoms with Crippen LogP contribution in [0, 0.1) is 13.8 Å². The fraction of sp³-hybridized carbons (Fsp3) is 0.391. The lowest BCUT2D eigenvalue weighted by Crippen LogP contribution is -2.47. The lowest BCUT2D eigenvalue weighted by Gasteiger charge is -2.35. The van der Waals surface area contributed by atoms with Crippen molar-refractivity contribution in [3.8, 4) is 0 Å². The third kappa shape index (κ3) is 5.48. The number of β-amino-alcohol motifs (C(OH)–C–C–N with tert-alkyl or cyclic N) is 1. The van der Waals surface area contributed by atoms with Gasteiger partial charge in [0.25, 0.3) is 5.91 Å². The first kappa shape index (κ1) is 22.3. The number of benzene rings is 1. The molecule has 32 heavy (non-hydrogen) atoms. The molecule has 9 heteroatoms. The van der Waals surface area contributed by atoms with E-state index in [4.69, 9.17) is 5.11 Å². The highest BCUT2D eigenvalue weighted by Gasteiger charge is 2.19. The molecule has 2 N–H and O–H groups in total. The van der Waals surface area contributed by atoms with Gasteiger partial charge in [-0.1, -0.05) is 18.2 Å². The normalized spacial score (nSPS) is 14.5. The number of piperazine rings is 1. The van der Waals surface area contributed by atoms with E-state index in [2.05, 4.69) is 30.1 Å². The summed E-state index contributed by atoms with van der Waals surface area (Å²) in [4.78, 5) is 31.4. The van der Waals surface area contributed by atoms with E-state index in [1.54, 1.807) is 6.20 Å². The molecule has 1 fully saturated rings. The molecule has 8 nitrogen and oxygen atoms in total. The Labute approximate surface area is 192 Å². The highest BCUT2D eigenvalue weighted by atomic mass is 32.1. The number of aromatic nitrogens is 3. The second-order valence-corrected chi connectivity index (χ2v) is 9.00. The third-order valence-electron chi connectivity index (χ3n) is 5.49. The molecule has 0 saturated carbocycles. The molecule has 1 saturated heterocycles. The first-order valence-electron chi connectivity index (χ1n) is 10.8.